The summed E-state index contributed by atoms with van der Waals surface area (Å²) in [7, 11) is 0. The molecular weight excluding hydrogens is 400 g/mol. The van der Waals surface area contributed by atoms with Crippen LogP contribution in [0.3, 0.4) is 0 Å². The summed E-state index contributed by atoms with van der Waals surface area (Å²) in [6, 6.07) is 0. The molecule has 0 saturated carbocycles. The Bertz CT molecular complexity index is 453. The van der Waals surface area contributed by atoms with E-state index in [0.717, 1.165) is 38.5 Å². The first-order valence-corrected chi connectivity index (χ1v) is 13.7. The SMILES string of the molecule is CCCCCCCCCCCCCCCCCC(=O)OC(CCCCC(C)(C)C)C(=O)O. The summed E-state index contributed by atoms with van der Waals surface area (Å²) < 4.78 is 5.22. The van der Waals surface area contributed by atoms with E-state index < -0.39 is 12.1 Å². The second kappa shape index (κ2) is 20.5. The Morgan fingerprint density at radius 1 is 0.688 bits per heavy atom. The van der Waals surface area contributed by atoms with Crippen LogP contribution in [0.4, 0.5) is 0 Å². The van der Waals surface area contributed by atoms with Crippen molar-refractivity contribution >= 4 is 11.9 Å². The second-order valence-electron chi connectivity index (χ2n) is 10.8. The molecule has 0 saturated heterocycles. The highest BCUT2D eigenvalue weighted by Gasteiger charge is 2.22. The maximum Gasteiger partial charge on any atom is 0.345 e. The highest BCUT2D eigenvalue weighted by atomic mass is 16.6. The number of unbranched alkanes of at least 4 members (excludes halogenated alkanes) is 15. The van der Waals surface area contributed by atoms with Crippen LogP contribution in [0.25, 0.3) is 0 Å². The molecule has 4 nitrogen and oxygen atoms in total. The van der Waals surface area contributed by atoms with Gasteiger partial charge in [0.25, 0.3) is 0 Å². The molecule has 0 amide bonds. The fourth-order valence-corrected chi connectivity index (χ4v) is 4.08. The third kappa shape index (κ3) is 22.1. The van der Waals surface area contributed by atoms with Crippen molar-refractivity contribution in [1.29, 1.82) is 0 Å². The van der Waals surface area contributed by atoms with Crippen molar-refractivity contribution in [2.75, 3.05) is 0 Å². The zero-order chi connectivity index (χ0) is 24.1. The standard InChI is InChI=1S/C28H54O4/c1-5-6-7-8-9-10-11-12-13-14-15-16-17-18-19-23-26(29)32-25(27(30)31)22-20-21-24-28(2,3)4/h25H,5-24H2,1-4H3,(H,30,31). The Kier molecular flexibility index (Phi) is 19.9. The van der Waals surface area contributed by atoms with Gasteiger partial charge in [0.1, 0.15) is 0 Å². The van der Waals surface area contributed by atoms with Crippen molar-refractivity contribution in [3.8, 4) is 0 Å². The number of hydrogen-bond donors (Lipinski definition) is 1. The first-order valence-electron chi connectivity index (χ1n) is 13.7. The van der Waals surface area contributed by atoms with E-state index >= 15 is 0 Å². The molecule has 0 heterocycles. The van der Waals surface area contributed by atoms with Crippen molar-refractivity contribution in [2.45, 2.75) is 162 Å². The summed E-state index contributed by atoms with van der Waals surface area (Å²) in [4.78, 5) is 23.4. The molecule has 0 aliphatic heterocycles. The van der Waals surface area contributed by atoms with Crippen molar-refractivity contribution < 1.29 is 19.4 Å². The minimum atomic E-state index is -1.02. The van der Waals surface area contributed by atoms with Crippen LogP contribution in [-0.4, -0.2) is 23.1 Å². The molecule has 0 aromatic rings. The van der Waals surface area contributed by atoms with Gasteiger partial charge in [-0.15, -0.1) is 0 Å². The van der Waals surface area contributed by atoms with Crippen LogP contribution >= 0.6 is 0 Å². The van der Waals surface area contributed by atoms with Gasteiger partial charge in [0.15, 0.2) is 6.10 Å². The highest BCUT2D eigenvalue weighted by molar-refractivity contribution is 5.77. The van der Waals surface area contributed by atoms with E-state index in [-0.39, 0.29) is 11.4 Å². The second-order valence-corrected chi connectivity index (χ2v) is 10.8. The molecule has 0 aromatic heterocycles. The zero-order valence-corrected chi connectivity index (χ0v) is 21.9. The van der Waals surface area contributed by atoms with Crippen molar-refractivity contribution in [3.63, 3.8) is 0 Å². The van der Waals surface area contributed by atoms with Crippen molar-refractivity contribution in [1.82, 2.24) is 0 Å². The van der Waals surface area contributed by atoms with Crippen LogP contribution in [0.1, 0.15) is 156 Å². The number of carbonyl (C=O) groups is 2. The molecule has 0 spiro atoms. The van der Waals surface area contributed by atoms with Crippen LogP contribution in [0, 0.1) is 5.41 Å². The topological polar surface area (TPSA) is 63.6 Å². The summed E-state index contributed by atoms with van der Waals surface area (Å²) >= 11 is 0. The molecule has 32 heavy (non-hydrogen) atoms. The van der Waals surface area contributed by atoms with Crippen molar-refractivity contribution in [2.24, 2.45) is 5.41 Å². The van der Waals surface area contributed by atoms with E-state index in [1.54, 1.807) is 0 Å². The number of ether oxygens (including phenoxy) is 1. The van der Waals surface area contributed by atoms with Crippen LogP contribution in [0.15, 0.2) is 0 Å². The van der Waals surface area contributed by atoms with Gasteiger partial charge in [0, 0.05) is 6.42 Å². The van der Waals surface area contributed by atoms with E-state index in [0.29, 0.717) is 12.8 Å². The summed E-state index contributed by atoms with van der Waals surface area (Å²) in [5.74, 6) is -1.38. The smallest absolute Gasteiger partial charge is 0.345 e. The lowest BCUT2D eigenvalue weighted by molar-refractivity contribution is -0.164. The number of esters is 1. The van der Waals surface area contributed by atoms with Gasteiger partial charge in [0.2, 0.25) is 0 Å². The zero-order valence-electron chi connectivity index (χ0n) is 21.9. The molecule has 0 bridgehead atoms. The maximum absolute atomic E-state index is 12.0. The molecule has 4 heteroatoms. The summed E-state index contributed by atoms with van der Waals surface area (Å²) in [6.07, 6.45) is 21.8. The predicted octanol–water partition coefficient (Wildman–Crippen LogP) is 8.85. The monoisotopic (exact) mass is 454 g/mol. The molecule has 0 aromatic carbocycles. The van der Waals surface area contributed by atoms with Crippen molar-refractivity contribution in [3.05, 3.63) is 0 Å². The lowest BCUT2D eigenvalue weighted by Gasteiger charge is -2.18. The van der Waals surface area contributed by atoms with E-state index in [2.05, 4.69) is 27.7 Å². The Balaban J connectivity index is 3.56. The van der Waals surface area contributed by atoms with E-state index in [1.165, 1.54) is 77.0 Å². The average molecular weight is 455 g/mol. The van der Waals surface area contributed by atoms with Crippen LogP contribution in [-0.2, 0) is 14.3 Å². The Labute approximate surface area is 199 Å². The van der Waals surface area contributed by atoms with E-state index in [9.17, 15) is 14.7 Å². The molecule has 0 rings (SSSR count). The minimum absolute atomic E-state index is 0.253. The Hall–Kier alpha value is -1.06. The van der Waals surface area contributed by atoms with E-state index in [4.69, 9.17) is 4.74 Å². The van der Waals surface area contributed by atoms with Gasteiger partial charge in [-0.1, -0.05) is 124 Å². The summed E-state index contributed by atoms with van der Waals surface area (Å²) in [5, 5.41) is 9.31. The number of aliphatic carboxylic acids is 1. The lowest BCUT2D eigenvalue weighted by atomic mass is 9.89. The third-order valence-corrected chi connectivity index (χ3v) is 6.18. The molecule has 1 N–H and O–H groups in total. The predicted molar refractivity (Wildman–Crippen MR) is 135 cm³/mol. The first kappa shape index (κ1) is 30.9. The molecule has 0 aliphatic carbocycles. The van der Waals surface area contributed by atoms with E-state index in [1.807, 2.05) is 0 Å². The first-order chi connectivity index (χ1) is 15.3. The Morgan fingerprint density at radius 3 is 1.53 bits per heavy atom. The fraction of sp³-hybridized carbons (Fsp3) is 0.929. The highest BCUT2D eigenvalue weighted by Crippen LogP contribution is 2.23. The number of rotatable bonds is 22. The fourth-order valence-electron chi connectivity index (χ4n) is 4.08. The average Bonchev–Trinajstić information content (AvgIpc) is 2.72. The lowest BCUT2D eigenvalue weighted by Crippen LogP contribution is -2.27. The van der Waals surface area contributed by atoms with Gasteiger partial charge in [-0.3, -0.25) is 4.79 Å². The molecule has 0 radical (unpaired) electrons. The molecule has 1 unspecified atom stereocenters. The van der Waals surface area contributed by atoms with Gasteiger partial charge >= 0.3 is 11.9 Å². The molecule has 0 fully saturated rings. The summed E-state index contributed by atoms with van der Waals surface area (Å²) in [5.41, 5.74) is 0.253. The third-order valence-electron chi connectivity index (χ3n) is 6.18. The largest absolute Gasteiger partial charge is 0.479 e. The molecule has 1 atom stereocenters. The summed E-state index contributed by atoms with van der Waals surface area (Å²) in [6.45, 7) is 8.80. The molecule has 190 valence electrons. The van der Waals surface area contributed by atoms with Gasteiger partial charge < -0.3 is 9.84 Å². The van der Waals surface area contributed by atoms with Gasteiger partial charge in [-0.2, -0.15) is 0 Å². The number of carboxylic acid groups (broad SMARTS) is 1. The van der Waals surface area contributed by atoms with Crippen LogP contribution < -0.4 is 0 Å². The van der Waals surface area contributed by atoms with Gasteiger partial charge in [-0.05, 0) is 31.1 Å². The van der Waals surface area contributed by atoms with Gasteiger partial charge in [0.05, 0.1) is 0 Å². The van der Waals surface area contributed by atoms with Gasteiger partial charge in [-0.25, -0.2) is 4.79 Å². The quantitative estimate of drug-likeness (QED) is 0.131. The minimum Gasteiger partial charge on any atom is -0.479 e. The number of hydrogen-bond acceptors (Lipinski definition) is 3. The normalized spacial score (nSPS) is 12.6. The van der Waals surface area contributed by atoms with Crippen LogP contribution in [0.2, 0.25) is 0 Å². The maximum atomic E-state index is 12.0. The Morgan fingerprint density at radius 2 is 1.12 bits per heavy atom. The molecule has 0 aliphatic rings. The van der Waals surface area contributed by atoms with Crippen LogP contribution in [0.5, 0.6) is 0 Å². The number of carbonyl (C=O) groups excluding carboxylic acids is 1. The molecular formula is C28H54O4. The number of carboxylic acids is 1.